The molecular formula is C33H32N6. The summed E-state index contributed by atoms with van der Waals surface area (Å²) in [4.78, 5) is 11.9. The van der Waals surface area contributed by atoms with Gasteiger partial charge in [-0.1, -0.05) is 36.4 Å². The van der Waals surface area contributed by atoms with Crippen LogP contribution in [0.4, 0.5) is 34.5 Å². The minimum atomic E-state index is 0.843. The molecule has 3 aromatic heterocycles. The van der Waals surface area contributed by atoms with Crippen LogP contribution in [0.25, 0.3) is 0 Å². The first kappa shape index (κ1) is 24.2. The highest BCUT2D eigenvalue weighted by Gasteiger charge is 2.12. The number of nitrogens with one attached hydrogen (secondary N) is 5. The van der Waals surface area contributed by atoms with E-state index in [2.05, 4.69) is 110 Å². The number of hydrogen-bond acceptors (Lipinski definition) is 3. The topological polar surface area (TPSA) is 74.7 Å². The molecule has 6 heteroatoms. The molecule has 0 bridgehead atoms. The Bertz CT molecular complexity index is 1580. The van der Waals surface area contributed by atoms with E-state index in [0.29, 0.717) is 0 Å². The molecule has 0 spiro atoms. The first-order valence-corrected chi connectivity index (χ1v) is 13.2. The second kappa shape index (κ2) is 11.1. The number of H-pyrrole nitrogens is 3. The van der Waals surface area contributed by atoms with E-state index < -0.39 is 0 Å². The molecule has 0 aliphatic rings. The molecule has 6 aromatic rings. The number of nitrogens with zero attached hydrogens (tertiary/aromatic N) is 1. The normalized spacial score (nSPS) is 10.9. The van der Waals surface area contributed by atoms with Gasteiger partial charge in [0.2, 0.25) is 0 Å². The van der Waals surface area contributed by atoms with Gasteiger partial charge < -0.3 is 30.5 Å². The van der Waals surface area contributed by atoms with Gasteiger partial charge in [0.05, 0.1) is 0 Å². The molecule has 6 rings (SSSR count). The first-order chi connectivity index (χ1) is 19.2. The zero-order chi connectivity index (χ0) is 26.4. The molecule has 0 atom stereocenters. The van der Waals surface area contributed by atoms with Crippen LogP contribution in [0.3, 0.4) is 0 Å². The van der Waals surface area contributed by atoms with Gasteiger partial charge in [0.25, 0.3) is 0 Å². The van der Waals surface area contributed by atoms with Crippen molar-refractivity contribution in [1.29, 1.82) is 0 Å². The highest BCUT2D eigenvalue weighted by molar-refractivity contribution is 5.65. The largest absolute Gasteiger partial charge is 0.348 e. The highest BCUT2D eigenvalue weighted by Crippen LogP contribution is 2.30. The average molecular weight is 513 g/mol. The predicted octanol–water partition coefficient (Wildman–Crippen LogP) is 8.11. The monoisotopic (exact) mass is 512 g/mol. The van der Waals surface area contributed by atoms with Crippen LogP contribution in [0.15, 0.2) is 122 Å². The standard InChI is InChI=1S/C33H32N6/c1-39(33-7-4-20-36-33)30-17-12-26(21-24-8-13-28(14-9-24)37-31-5-2-18-34-31)23-27(30)22-25-10-15-29(16-11-25)38-32-6-3-19-35-32/h2-20,23,34-38H,21-22H2,1H3. The van der Waals surface area contributed by atoms with Crippen LogP contribution < -0.4 is 15.5 Å². The second-order valence-corrected chi connectivity index (χ2v) is 9.74. The van der Waals surface area contributed by atoms with E-state index in [4.69, 9.17) is 0 Å². The van der Waals surface area contributed by atoms with Gasteiger partial charge in [-0.15, -0.1) is 0 Å². The van der Waals surface area contributed by atoms with Gasteiger partial charge in [0, 0.05) is 42.7 Å². The third-order valence-corrected chi connectivity index (χ3v) is 6.91. The van der Waals surface area contributed by atoms with Crippen molar-refractivity contribution in [1.82, 2.24) is 15.0 Å². The Labute approximate surface area is 228 Å². The minimum absolute atomic E-state index is 0.843. The third-order valence-electron chi connectivity index (χ3n) is 6.91. The summed E-state index contributed by atoms with van der Waals surface area (Å²) in [7, 11) is 2.11. The molecule has 0 fully saturated rings. The molecule has 0 unspecified atom stereocenters. The lowest BCUT2D eigenvalue weighted by Crippen LogP contribution is -2.12. The van der Waals surface area contributed by atoms with Crippen molar-refractivity contribution in [2.24, 2.45) is 0 Å². The van der Waals surface area contributed by atoms with Crippen molar-refractivity contribution in [3.63, 3.8) is 0 Å². The number of aromatic amines is 3. The number of rotatable bonds is 10. The van der Waals surface area contributed by atoms with E-state index in [-0.39, 0.29) is 0 Å². The Kier molecular flexibility index (Phi) is 6.91. The van der Waals surface area contributed by atoms with E-state index in [1.807, 2.05) is 48.9 Å². The zero-order valence-corrected chi connectivity index (χ0v) is 21.9. The molecule has 0 radical (unpaired) electrons. The molecule has 39 heavy (non-hydrogen) atoms. The van der Waals surface area contributed by atoms with Gasteiger partial charge in [-0.3, -0.25) is 0 Å². The van der Waals surface area contributed by atoms with E-state index in [1.165, 1.54) is 27.9 Å². The number of benzene rings is 3. The van der Waals surface area contributed by atoms with Gasteiger partial charge in [-0.05, 0) is 102 Å². The van der Waals surface area contributed by atoms with Crippen molar-refractivity contribution in [2.45, 2.75) is 12.8 Å². The average Bonchev–Trinajstić information content (AvgIpc) is 3.76. The quantitative estimate of drug-likeness (QED) is 0.129. The summed E-state index contributed by atoms with van der Waals surface area (Å²) in [6, 6.07) is 36.3. The fourth-order valence-corrected chi connectivity index (χ4v) is 4.87. The maximum absolute atomic E-state index is 3.40. The van der Waals surface area contributed by atoms with Crippen LogP contribution >= 0.6 is 0 Å². The maximum atomic E-state index is 3.40. The molecule has 0 amide bonds. The van der Waals surface area contributed by atoms with Crippen LogP contribution in [-0.4, -0.2) is 22.0 Å². The maximum Gasteiger partial charge on any atom is 0.110 e. The summed E-state index contributed by atoms with van der Waals surface area (Å²) in [6.45, 7) is 0. The molecule has 0 saturated heterocycles. The molecule has 3 aromatic carbocycles. The minimum Gasteiger partial charge on any atom is -0.348 e. The van der Waals surface area contributed by atoms with Crippen LogP contribution in [0.2, 0.25) is 0 Å². The van der Waals surface area contributed by atoms with E-state index in [1.54, 1.807) is 0 Å². The third kappa shape index (κ3) is 5.91. The first-order valence-electron chi connectivity index (χ1n) is 13.2. The number of aromatic nitrogens is 3. The molecule has 6 nitrogen and oxygen atoms in total. The molecular weight excluding hydrogens is 480 g/mol. The summed E-state index contributed by atoms with van der Waals surface area (Å²) in [5.74, 6) is 3.04. The molecule has 0 saturated carbocycles. The fourth-order valence-electron chi connectivity index (χ4n) is 4.87. The van der Waals surface area contributed by atoms with Crippen LogP contribution in [-0.2, 0) is 12.8 Å². The Hall–Kier alpha value is -5.10. The van der Waals surface area contributed by atoms with Gasteiger partial charge in [-0.2, -0.15) is 0 Å². The lowest BCUT2D eigenvalue weighted by atomic mass is 9.97. The Morgan fingerprint density at radius 3 is 1.64 bits per heavy atom. The van der Waals surface area contributed by atoms with Crippen molar-refractivity contribution >= 4 is 34.5 Å². The number of anilines is 6. The van der Waals surface area contributed by atoms with Crippen LogP contribution in [0, 0.1) is 0 Å². The van der Waals surface area contributed by atoms with Gasteiger partial charge in [0.1, 0.15) is 17.5 Å². The summed E-state index contributed by atoms with van der Waals surface area (Å²) >= 11 is 0. The summed E-state index contributed by atoms with van der Waals surface area (Å²) in [6.07, 6.45) is 7.52. The van der Waals surface area contributed by atoms with Gasteiger partial charge in [0.15, 0.2) is 0 Å². The van der Waals surface area contributed by atoms with Crippen LogP contribution in [0.1, 0.15) is 22.3 Å². The highest BCUT2D eigenvalue weighted by atomic mass is 15.2. The number of hydrogen-bond donors (Lipinski definition) is 5. The summed E-state index contributed by atoms with van der Waals surface area (Å²) in [5, 5.41) is 6.79. The Balaban J connectivity index is 1.22. The van der Waals surface area contributed by atoms with Crippen molar-refractivity contribution in [3.8, 4) is 0 Å². The molecule has 0 aliphatic heterocycles. The Morgan fingerprint density at radius 2 is 1.10 bits per heavy atom. The van der Waals surface area contributed by atoms with E-state index >= 15 is 0 Å². The lowest BCUT2D eigenvalue weighted by molar-refractivity contribution is 1.08. The fraction of sp³-hybridized carbons (Fsp3) is 0.0909. The Morgan fingerprint density at radius 1 is 0.564 bits per heavy atom. The zero-order valence-electron chi connectivity index (χ0n) is 21.9. The smallest absolute Gasteiger partial charge is 0.110 e. The SMILES string of the molecule is CN(c1ccc[nH]1)c1ccc(Cc2ccc(Nc3ccc[nH]3)cc2)cc1Cc1ccc(Nc2ccc[nH]2)cc1. The van der Waals surface area contributed by atoms with Crippen LogP contribution in [0.5, 0.6) is 0 Å². The van der Waals surface area contributed by atoms with E-state index in [9.17, 15) is 0 Å². The van der Waals surface area contributed by atoms with Crippen molar-refractivity contribution in [3.05, 3.63) is 144 Å². The van der Waals surface area contributed by atoms with Gasteiger partial charge >= 0.3 is 0 Å². The summed E-state index contributed by atoms with van der Waals surface area (Å²) in [5.41, 5.74) is 8.46. The van der Waals surface area contributed by atoms with E-state index in [0.717, 1.165) is 41.7 Å². The lowest BCUT2D eigenvalue weighted by Gasteiger charge is -2.22. The molecule has 194 valence electrons. The van der Waals surface area contributed by atoms with Crippen molar-refractivity contribution in [2.75, 3.05) is 22.6 Å². The summed E-state index contributed by atoms with van der Waals surface area (Å²) < 4.78 is 0. The van der Waals surface area contributed by atoms with Gasteiger partial charge in [-0.25, -0.2) is 0 Å². The molecule has 5 N–H and O–H groups in total. The molecule has 3 heterocycles. The molecule has 0 aliphatic carbocycles. The predicted molar refractivity (Wildman–Crippen MR) is 162 cm³/mol. The second-order valence-electron chi connectivity index (χ2n) is 9.74. The van der Waals surface area contributed by atoms with Crippen molar-refractivity contribution < 1.29 is 0 Å².